The Hall–Kier alpha value is -3.01. The molecule has 0 bridgehead atoms. The maximum absolute atomic E-state index is 9.44. The molecule has 0 amide bonds. The Morgan fingerprint density at radius 3 is 2.77 bits per heavy atom. The van der Waals surface area contributed by atoms with Gasteiger partial charge in [0.15, 0.2) is 5.96 Å². The summed E-state index contributed by atoms with van der Waals surface area (Å²) in [4.78, 5) is 4.23. The zero-order valence-electron chi connectivity index (χ0n) is 15.1. The van der Waals surface area contributed by atoms with Crippen molar-refractivity contribution in [1.82, 2.24) is 20.4 Å². The van der Waals surface area contributed by atoms with E-state index in [4.69, 9.17) is 5.73 Å². The van der Waals surface area contributed by atoms with Crippen molar-refractivity contribution in [2.75, 3.05) is 25.9 Å². The van der Waals surface area contributed by atoms with Crippen LogP contribution in [0.5, 0.6) is 0 Å². The second-order valence-corrected chi connectivity index (χ2v) is 6.49. The summed E-state index contributed by atoms with van der Waals surface area (Å²) < 4.78 is 1.64. The van der Waals surface area contributed by atoms with Crippen molar-refractivity contribution in [1.29, 1.82) is 5.26 Å². The summed E-state index contributed by atoms with van der Waals surface area (Å²) in [5, 5.41) is 20.6. The molecular formula is C19H25N7. The number of benzene rings is 1. The van der Waals surface area contributed by atoms with Crippen molar-refractivity contribution in [3.63, 3.8) is 0 Å². The zero-order valence-corrected chi connectivity index (χ0v) is 15.1. The van der Waals surface area contributed by atoms with E-state index in [9.17, 15) is 5.26 Å². The van der Waals surface area contributed by atoms with Crippen LogP contribution in [0.1, 0.15) is 30.5 Å². The van der Waals surface area contributed by atoms with Gasteiger partial charge >= 0.3 is 0 Å². The number of nitrogens with zero attached hydrogens (tertiary/aromatic N) is 4. The molecule has 4 N–H and O–H groups in total. The lowest BCUT2D eigenvalue weighted by Crippen LogP contribution is -2.38. The van der Waals surface area contributed by atoms with Crippen LogP contribution in [-0.2, 0) is 6.42 Å². The zero-order chi connectivity index (χ0) is 18.4. The van der Waals surface area contributed by atoms with Gasteiger partial charge in [-0.2, -0.15) is 10.4 Å². The molecular weight excluding hydrogens is 326 g/mol. The van der Waals surface area contributed by atoms with Crippen molar-refractivity contribution in [3.8, 4) is 11.8 Å². The van der Waals surface area contributed by atoms with Gasteiger partial charge in [0, 0.05) is 20.1 Å². The minimum atomic E-state index is 0.392. The van der Waals surface area contributed by atoms with Crippen molar-refractivity contribution in [2.45, 2.75) is 25.7 Å². The lowest BCUT2D eigenvalue weighted by Gasteiger charge is -2.10. The van der Waals surface area contributed by atoms with Crippen molar-refractivity contribution in [2.24, 2.45) is 10.9 Å². The predicted molar refractivity (Wildman–Crippen MR) is 103 cm³/mol. The molecule has 1 aromatic carbocycles. The summed E-state index contributed by atoms with van der Waals surface area (Å²) in [7, 11) is 1.78. The van der Waals surface area contributed by atoms with E-state index < -0.39 is 0 Å². The molecule has 2 aromatic rings. The van der Waals surface area contributed by atoms with Gasteiger partial charge in [0.25, 0.3) is 0 Å². The van der Waals surface area contributed by atoms with E-state index in [0.29, 0.717) is 17.8 Å². The highest BCUT2D eigenvalue weighted by Crippen LogP contribution is 2.27. The Balaban J connectivity index is 1.56. The summed E-state index contributed by atoms with van der Waals surface area (Å²) >= 11 is 0. The number of hydrogen-bond donors (Lipinski definition) is 3. The van der Waals surface area contributed by atoms with Crippen molar-refractivity contribution in [3.05, 3.63) is 41.6 Å². The van der Waals surface area contributed by atoms with Gasteiger partial charge in [0.1, 0.15) is 17.5 Å². The Morgan fingerprint density at radius 2 is 2.12 bits per heavy atom. The van der Waals surface area contributed by atoms with Crippen molar-refractivity contribution >= 4 is 11.8 Å². The molecule has 0 aliphatic heterocycles. The van der Waals surface area contributed by atoms with Gasteiger partial charge in [-0.25, -0.2) is 4.68 Å². The molecule has 26 heavy (non-hydrogen) atoms. The van der Waals surface area contributed by atoms with Gasteiger partial charge in [-0.1, -0.05) is 18.2 Å². The molecule has 0 unspecified atom stereocenters. The van der Waals surface area contributed by atoms with Crippen LogP contribution in [0.2, 0.25) is 0 Å². The van der Waals surface area contributed by atoms with Crippen LogP contribution in [0.3, 0.4) is 0 Å². The SMILES string of the molecule is CN=C(NCCCc1nn(-c2ccccc2)c(N)c1C#N)NCC1CC1. The summed E-state index contributed by atoms with van der Waals surface area (Å²) in [5.41, 5.74) is 8.18. The third-order valence-corrected chi connectivity index (χ3v) is 4.47. The van der Waals surface area contributed by atoms with Crippen LogP contribution < -0.4 is 16.4 Å². The third-order valence-electron chi connectivity index (χ3n) is 4.47. The molecule has 0 atom stereocenters. The highest BCUT2D eigenvalue weighted by Gasteiger charge is 2.21. The topological polar surface area (TPSA) is 104 Å². The highest BCUT2D eigenvalue weighted by molar-refractivity contribution is 5.79. The summed E-state index contributed by atoms with van der Waals surface area (Å²) in [6, 6.07) is 11.8. The van der Waals surface area contributed by atoms with Crippen molar-refractivity contribution < 1.29 is 0 Å². The number of nitriles is 1. The van der Waals surface area contributed by atoms with Gasteiger partial charge in [0.2, 0.25) is 0 Å². The first kappa shape index (κ1) is 17.8. The van der Waals surface area contributed by atoms with Crippen LogP contribution in [0.4, 0.5) is 5.82 Å². The van der Waals surface area contributed by atoms with E-state index in [1.54, 1.807) is 11.7 Å². The summed E-state index contributed by atoms with van der Waals surface area (Å²) in [6.45, 7) is 1.74. The smallest absolute Gasteiger partial charge is 0.190 e. The van der Waals surface area contributed by atoms with Gasteiger partial charge in [-0.15, -0.1) is 0 Å². The fourth-order valence-corrected chi connectivity index (χ4v) is 2.79. The van der Waals surface area contributed by atoms with Crippen LogP contribution in [0.15, 0.2) is 35.3 Å². The number of aromatic nitrogens is 2. The van der Waals surface area contributed by atoms with E-state index in [0.717, 1.165) is 42.8 Å². The standard InChI is InChI=1S/C19H25N7/c1-22-19(24-13-14-9-10-14)23-11-5-8-17-16(12-20)18(21)26(25-17)15-6-3-2-4-7-15/h2-4,6-7,14H,5,8-11,13,21H2,1H3,(H2,22,23,24). The molecule has 136 valence electrons. The number of nitrogens with one attached hydrogen (secondary N) is 2. The second kappa shape index (κ2) is 8.39. The van der Waals surface area contributed by atoms with E-state index in [1.807, 2.05) is 30.3 Å². The monoisotopic (exact) mass is 351 g/mol. The molecule has 1 aliphatic rings. The number of aliphatic imine (C=N–C) groups is 1. The first-order valence-electron chi connectivity index (χ1n) is 9.00. The first-order valence-corrected chi connectivity index (χ1v) is 9.00. The number of nitrogen functional groups attached to an aromatic ring is 1. The van der Waals surface area contributed by atoms with E-state index in [1.165, 1.54) is 12.8 Å². The number of para-hydroxylation sites is 1. The molecule has 1 saturated carbocycles. The Morgan fingerprint density at radius 1 is 1.35 bits per heavy atom. The van der Waals surface area contributed by atoms with Gasteiger partial charge in [-0.05, 0) is 43.7 Å². The Labute approximate surface area is 153 Å². The van der Waals surface area contributed by atoms with Gasteiger partial charge < -0.3 is 16.4 Å². The number of guanidine groups is 1. The molecule has 1 aliphatic carbocycles. The van der Waals surface area contributed by atoms with Crippen LogP contribution in [-0.4, -0.2) is 35.9 Å². The molecule has 1 heterocycles. The molecule has 7 nitrogen and oxygen atoms in total. The van der Waals surface area contributed by atoms with Gasteiger partial charge in [0.05, 0.1) is 11.4 Å². The van der Waals surface area contributed by atoms with Crippen LogP contribution >= 0.6 is 0 Å². The average molecular weight is 351 g/mol. The minimum absolute atomic E-state index is 0.392. The number of rotatable bonds is 7. The van der Waals surface area contributed by atoms with E-state index >= 15 is 0 Å². The van der Waals surface area contributed by atoms with Crippen LogP contribution in [0, 0.1) is 17.2 Å². The Bertz CT molecular complexity index is 797. The van der Waals surface area contributed by atoms with Crippen LogP contribution in [0.25, 0.3) is 5.69 Å². The molecule has 3 rings (SSSR count). The number of aryl methyl sites for hydroxylation is 1. The number of nitrogens with two attached hydrogens (primary N) is 1. The van der Waals surface area contributed by atoms with E-state index in [-0.39, 0.29) is 0 Å². The first-order chi connectivity index (χ1) is 12.7. The summed E-state index contributed by atoms with van der Waals surface area (Å²) in [6.07, 6.45) is 4.14. The largest absolute Gasteiger partial charge is 0.382 e. The summed E-state index contributed by atoms with van der Waals surface area (Å²) in [5.74, 6) is 2.02. The highest BCUT2D eigenvalue weighted by atomic mass is 15.3. The number of anilines is 1. The maximum Gasteiger partial charge on any atom is 0.190 e. The molecule has 0 spiro atoms. The lowest BCUT2D eigenvalue weighted by molar-refractivity contribution is 0.704. The van der Waals surface area contributed by atoms with E-state index in [2.05, 4.69) is 26.8 Å². The average Bonchev–Trinajstić information content (AvgIpc) is 3.44. The normalized spacial score (nSPS) is 14.1. The number of hydrogen-bond acceptors (Lipinski definition) is 4. The quantitative estimate of drug-likeness (QED) is 0.401. The fourth-order valence-electron chi connectivity index (χ4n) is 2.79. The second-order valence-electron chi connectivity index (χ2n) is 6.49. The molecule has 1 fully saturated rings. The maximum atomic E-state index is 9.44. The van der Waals surface area contributed by atoms with Gasteiger partial charge in [-0.3, -0.25) is 4.99 Å². The third kappa shape index (κ3) is 4.33. The Kier molecular flexibility index (Phi) is 5.74. The predicted octanol–water partition coefficient (Wildman–Crippen LogP) is 1.83. The molecule has 1 aromatic heterocycles. The molecule has 0 saturated heterocycles. The minimum Gasteiger partial charge on any atom is -0.382 e. The lowest BCUT2D eigenvalue weighted by atomic mass is 10.1. The fraction of sp³-hybridized carbons (Fsp3) is 0.421. The molecule has 0 radical (unpaired) electrons. The molecule has 7 heteroatoms.